The van der Waals surface area contributed by atoms with E-state index in [0.29, 0.717) is 17.4 Å². The van der Waals surface area contributed by atoms with Crippen molar-refractivity contribution in [2.24, 2.45) is 7.05 Å². The van der Waals surface area contributed by atoms with Gasteiger partial charge in [0.2, 0.25) is 0 Å². The number of benzene rings is 1. The number of aryl methyl sites for hydroxylation is 1. The molecule has 0 atom stereocenters. The van der Waals surface area contributed by atoms with Gasteiger partial charge in [-0.1, -0.05) is 0 Å². The molecular weight excluding hydrogens is 214 g/mol. The molecule has 5 heteroatoms. The predicted octanol–water partition coefficient (Wildman–Crippen LogP) is 2.18. The lowest BCUT2D eigenvalue weighted by Gasteiger charge is -2.02. The van der Waals surface area contributed by atoms with Crippen molar-refractivity contribution in [3.05, 3.63) is 41.7 Å². The summed E-state index contributed by atoms with van der Waals surface area (Å²) in [5, 5.41) is 3.91. The van der Waals surface area contributed by atoms with Crippen LogP contribution in [0.5, 0.6) is 0 Å². The molecule has 0 saturated heterocycles. The van der Waals surface area contributed by atoms with E-state index in [1.807, 2.05) is 0 Å². The van der Waals surface area contributed by atoms with Crippen molar-refractivity contribution in [1.29, 1.82) is 0 Å². The standard InChI is InChI=1S/C11H8F2N2O/c1-15-5-8(4-14-15)9-3-11(13)10(12)2-7(9)6-16/h2-6H,1H3. The Bertz CT molecular complexity index is 549. The smallest absolute Gasteiger partial charge is 0.159 e. The number of hydrogen-bond donors (Lipinski definition) is 0. The molecule has 3 nitrogen and oxygen atoms in total. The van der Waals surface area contributed by atoms with E-state index in [1.54, 1.807) is 13.2 Å². The fourth-order valence-electron chi connectivity index (χ4n) is 1.47. The van der Waals surface area contributed by atoms with E-state index in [4.69, 9.17) is 0 Å². The number of carbonyl (C=O) groups is 1. The predicted molar refractivity (Wildman–Crippen MR) is 53.9 cm³/mol. The molecule has 0 radical (unpaired) electrons. The fraction of sp³-hybridized carbons (Fsp3) is 0.0909. The molecule has 2 aromatic rings. The van der Waals surface area contributed by atoms with Crippen molar-refractivity contribution in [3.63, 3.8) is 0 Å². The molecular formula is C11H8F2N2O. The van der Waals surface area contributed by atoms with Crippen LogP contribution in [0.3, 0.4) is 0 Å². The zero-order valence-electron chi connectivity index (χ0n) is 8.45. The third-order valence-corrected chi connectivity index (χ3v) is 2.24. The molecule has 1 heterocycles. The Hall–Kier alpha value is -2.04. The van der Waals surface area contributed by atoms with E-state index in [9.17, 15) is 13.6 Å². The van der Waals surface area contributed by atoms with Gasteiger partial charge >= 0.3 is 0 Å². The summed E-state index contributed by atoms with van der Waals surface area (Å²) >= 11 is 0. The molecule has 0 fully saturated rings. The van der Waals surface area contributed by atoms with Crippen LogP contribution in [-0.2, 0) is 7.05 Å². The fourth-order valence-corrected chi connectivity index (χ4v) is 1.47. The van der Waals surface area contributed by atoms with Gasteiger partial charge in [-0.25, -0.2) is 8.78 Å². The van der Waals surface area contributed by atoms with E-state index in [2.05, 4.69) is 5.10 Å². The first-order chi connectivity index (χ1) is 7.61. The maximum atomic E-state index is 13.1. The highest BCUT2D eigenvalue weighted by molar-refractivity contribution is 5.87. The lowest BCUT2D eigenvalue weighted by Crippen LogP contribution is -1.93. The van der Waals surface area contributed by atoms with E-state index in [0.717, 1.165) is 12.1 Å². The average molecular weight is 222 g/mol. The van der Waals surface area contributed by atoms with Crippen molar-refractivity contribution in [3.8, 4) is 11.1 Å². The molecule has 16 heavy (non-hydrogen) atoms. The van der Waals surface area contributed by atoms with Gasteiger partial charge in [0, 0.05) is 24.4 Å². The monoisotopic (exact) mass is 222 g/mol. The Morgan fingerprint density at radius 1 is 1.31 bits per heavy atom. The van der Waals surface area contributed by atoms with Crippen LogP contribution in [0.15, 0.2) is 24.5 Å². The molecule has 1 aromatic heterocycles. The summed E-state index contributed by atoms with van der Waals surface area (Å²) in [6.07, 6.45) is 3.60. The summed E-state index contributed by atoms with van der Waals surface area (Å²) in [5.41, 5.74) is 1.01. The van der Waals surface area contributed by atoms with Crippen LogP contribution < -0.4 is 0 Å². The molecule has 0 N–H and O–H groups in total. The second-order valence-corrected chi connectivity index (χ2v) is 3.37. The van der Waals surface area contributed by atoms with Crippen LogP contribution in [-0.4, -0.2) is 16.1 Å². The molecule has 1 aromatic carbocycles. The van der Waals surface area contributed by atoms with E-state index in [-0.39, 0.29) is 5.56 Å². The summed E-state index contributed by atoms with van der Waals surface area (Å²) in [7, 11) is 1.70. The van der Waals surface area contributed by atoms with Crippen LogP contribution in [0.25, 0.3) is 11.1 Å². The number of aromatic nitrogens is 2. The third-order valence-electron chi connectivity index (χ3n) is 2.24. The van der Waals surface area contributed by atoms with E-state index < -0.39 is 11.6 Å². The van der Waals surface area contributed by atoms with Crippen molar-refractivity contribution in [1.82, 2.24) is 9.78 Å². The number of rotatable bonds is 2. The molecule has 0 aliphatic heterocycles. The van der Waals surface area contributed by atoms with E-state index in [1.165, 1.54) is 10.9 Å². The Morgan fingerprint density at radius 2 is 2.00 bits per heavy atom. The first kappa shape index (κ1) is 10.5. The quantitative estimate of drug-likeness (QED) is 0.730. The minimum atomic E-state index is -1.03. The molecule has 0 saturated carbocycles. The van der Waals surface area contributed by atoms with Gasteiger partial charge in [-0.15, -0.1) is 0 Å². The van der Waals surface area contributed by atoms with E-state index >= 15 is 0 Å². The number of carbonyl (C=O) groups excluding carboxylic acids is 1. The van der Waals surface area contributed by atoms with Gasteiger partial charge in [-0.05, 0) is 17.7 Å². The van der Waals surface area contributed by atoms with Crippen LogP contribution in [0.4, 0.5) is 8.78 Å². The number of nitrogens with zero attached hydrogens (tertiary/aromatic N) is 2. The number of aldehydes is 1. The topological polar surface area (TPSA) is 34.9 Å². The Morgan fingerprint density at radius 3 is 2.56 bits per heavy atom. The van der Waals surface area contributed by atoms with Crippen molar-refractivity contribution in [2.45, 2.75) is 0 Å². The van der Waals surface area contributed by atoms with Crippen LogP contribution in [0, 0.1) is 11.6 Å². The number of halogens is 2. The zero-order valence-corrected chi connectivity index (χ0v) is 8.45. The lowest BCUT2D eigenvalue weighted by atomic mass is 10.0. The van der Waals surface area contributed by atoms with Gasteiger partial charge in [0.15, 0.2) is 17.9 Å². The largest absolute Gasteiger partial charge is 0.298 e. The lowest BCUT2D eigenvalue weighted by molar-refractivity contribution is 0.112. The zero-order chi connectivity index (χ0) is 11.7. The van der Waals surface area contributed by atoms with Gasteiger partial charge in [0.1, 0.15) is 0 Å². The highest BCUT2D eigenvalue weighted by atomic mass is 19.2. The summed E-state index contributed by atoms with van der Waals surface area (Å²) < 4.78 is 27.5. The van der Waals surface area contributed by atoms with Crippen LogP contribution in [0.1, 0.15) is 10.4 Å². The minimum Gasteiger partial charge on any atom is -0.298 e. The summed E-state index contributed by atoms with van der Waals surface area (Å²) in [5.74, 6) is -2.01. The molecule has 0 amide bonds. The second kappa shape index (κ2) is 3.84. The molecule has 0 aliphatic carbocycles. The summed E-state index contributed by atoms with van der Waals surface area (Å²) in [6.45, 7) is 0. The first-order valence-corrected chi connectivity index (χ1v) is 4.55. The van der Waals surface area contributed by atoms with Crippen molar-refractivity contribution in [2.75, 3.05) is 0 Å². The highest BCUT2D eigenvalue weighted by Crippen LogP contribution is 2.24. The molecule has 82 valence electrons. The van der Waals surface area contributed by atoms with Gasteiger partial charge in [0.05, 0.1) is 6.20 Å². The van der Waals surface area contributed by atoms with Gasteiger partial charge in [-0.2, -0.15) is 5.10 Å². The maximum absolute atomic E-state index is 13.1. The SMILES string of the molecule is Cn1cc(-c2cc(F)c(F)cc2C=O)cn1. The Labute approximate surface area is 90.3 Å². The second-order valence-electron chi connectivity index (χ2n) is 3.37. The minimum absolute atomic E-state index is 0.104. The molecule has 0 spiro atoms. The summed E-state index contributed by atoms with van der Waals surface area (Å²) in [4.78, 5) is 10.8. The molecule has 2 rings (SSSR count). The van der Waals surface area contributed by atoms with Gasteiger partial charge < -0.3 is 0 Å². The van der Waals surface area contributed by atoms with Crippen LogP contribution in [0.2, 0.25) is 0 Å². The van der Waals surface area contributed by atoms with Gasteiger partial charge in [0.25, 0.3) is 0 Å². The molecule has 0 aliphatic rings. The third kappa shape index (κ3) is 1.71. The Kier molecular flexibility index (Phi) is 2.52. The van der Waals surface area contributed by atoms with Crippen LogP contribution >= 0.6 is 0 Å². The highest BCUT2D eigenvalue weighted by Gasteiger charge is 2.12. The maximum Gasteiger partial charge on any atom is 0.159 e. The first-order valence-electron chi connectivity index (χ1n) is 4.55. The Balaban J connectivity index is 2.63. The van der Waals surface area contributed by atoms with Crippen molar-refractivity contribution >= 4 is 6.29 Å². The normalized spacial score (nSPS) is 10.4. The molecule has 0 unspecified atom stereocenters. The average Bonchev–Trinajstić information content (AvgIpc) is 2.68. The van der Waals surface area contributed by atoms with Crippen molar-refractivity contribution < 1.29 is 13.6 Å². The summed E-state index contributed by atoms with van der Waals surface area (Å²) in [6, 6.07) is 1.88. The number of hydrogen-bond acceptors (Lipinski definition) is 2. The molecule has 0 bridgehead atoms. The van der Waals surface area contributed by atoms with Gasteiger partial charge in [-0.3, -0.25) is 9.48 Å².